The maximum absolute atomic E-state index is 13.3. The minimum atomic E-state index is -1.18. The zero-order valence-electron chi connectivity index (χ0n) is 19.8. The summed E-state index contributed by atoms with van der Waals surface area (Å²) in [4.78, 5) is 49.3. The van der Waals surface area contributed by atoms with Crippen molar-refractivity contribution in [1.29, 1.82) is 0 Å². The van der Waals surface area contributed by atoms with Gasteiger partial charge in [0.1, 0.15) is 11.6 Å². The van der Waals surface area contributed by atoms with E-state index in [2.05, 4.69) is 22.5 Å². The molecule has 4 saturated carbocycles. The molecule has 9 nitrogen and oxygen atoms in total. The SMILES string of the molecule is COC(=O)C12CC3CC(CC(C(=O)NC(CC#CCNC(=O)OC(C)(C)C)C(=O)O)(C3)C1)C2. The van der Waals surface area contributed by atoms with Crippen LogP contribution in [0.4, 0.5) is 4.79 Å². The van der Waals surface area contributed by atoms with Crippen LogP contribution in [0, 0.1) is 34.5 Å². The lowest BCUT2D eigenvalue weighted by Gasteiger charge is -2.59. The van der Waals surface area contributed by atoms with Crippen LogP contribution in [0.2, 0.25) is 0 Å². The number of hydrogen-bond donors (Lipinski definition) is 3. The van der Waals surface area contributed by atoms with Crippen LogP contribution in [0.3, 0.4) is 0 Å². The number of aliphatic carboxylic acids is 1. The minimum Gasteiger partial charge on any atom is -0.480 e. The number of ether oxygens (including phenoxy) is 2. The molecule has 2 amide bonds. The van der Waals surface area contributed by atoms with Gasteiger partial charge in [-0.15, -0.1) is 0 Å². The van der Waals surface area contributed by atoms with E-state index < -0.39 is 34.5 Å². The van der Waals surface area contributed by atoms with Gasteiger partial charge in [-0.1, -0.05) is 11.8 Å². The molecule has 4 rings (SSSR count). The van der Waals surface area contributed by atoms with E-state index in [9.17, 15) is 24.3 Å². The minimum absolute atomic E-state index is 0.00411. The third-order valence-electron chi connectivity index (χ3n) is 6.92. The summed E-state index contributed by atoms with van der Waals surface area (Å²) in [6.07, 6.45) is 3.53. The third-order valence-corrected chi connectivity index (χ3v) is 6.92. The van der Waals surface area contributed by atoms with Gasteiger partial charge in [-0.25, -0.2) is 9.59 Å². The summed E-state index contributed by atoms with van der Waals surface area (Å²) in [5.41, 5.74) is -2.00. The fourth-order valence-corrected chi connectivity index (χ4v) is 6.16. The lowest BCUT2D eigenvalue weighted by atomic mass is 9.44. The number of nitrogens with one attached hydrogen (secondary N) is 2. The Hall–Kier alpha value is -2.76. The Morgan fingerprint density at radius 3 is 2.21 bits per heavy atom. The molecule has 4 bridgehead atoms. The van der Waals surface area contributed by atoms with Gasteiger partial charge in [0.25, 0.3) is 0 Å². The van der Waals surface area contributed by atoms with Crippen molar-refractivity contribution < 1.29 is 33.8 Å². The smallest absolute Gasteiger partial charge is 0.408 e. The third kappa shape index (κ3) is 5.60. The molecule has 182 valence electrons. The van der Waals surface area contributed by atoms with Crippen LogP contribution in [0.15, 0.2) is 0 Å². The molecule has 9 heteroatoms. The topological polar surface area (TPSA) is 131 Å². The van der Waals surface area contributed by atoms with E-state index in [0.29, 0.717) is 19.3 Å². The predicted octanol–water partition coefficient (Wildman–Crippen LogP) is 2.23. The predicted molar refractivity (Wildman–Crippen MR) is 118 cm³/mol. The van der Waals surface area contributed by atoms with Crippen molar-refractivity contribution in [3.05, 3.63) is 0 Å². The molecule has 4 fully saturated rings. The number of alkyl carbamates (subject to hydrolysis) is 1. The molecule has 0 aliphatic heterocycles. The van der Waals surface area contributed by atoms with Crippen LogP contribution in [0.25, 0.3) is 0 Å². The fraction of sp³-hybridized carbons (Fsp3) is 0.750. The van der Waals surface area contributed by atoms with E-state index in [-0.39, 0.29) is 36.7 Å². The highest BCUT2D eigenvalue weighted by molar-refractivity contribution is 5.89. The quantitative estimate of drug-likeness (QED) is 0.407. The Morgan fingerprint density at radius 1 is 1.06 bits per heavy atom. The van der Waals surface area contributed by atoms with Gasteiger partial charge in [-0.2, -0.15) is 0 Å². The molecule has 4 aliphatic rings. The van der Waals surface area contributed by atoms with Gasteiger partial charge in [0, 0.05) is 6.42 Å². The number of hydrogen-bond acceptors (Lipinski definition) is 6. The summed E-state index contributed by atoms with van der Waals surface area (Å²) < 4.78 is 10.2. The molecule has 0 aromatic carbocycles. The Bertz CT molecular complexity index is 865. The monoisotopic (exact) mass is 462 g/mol. The molecular formula is C24H34N2O7. The normalized spacial score (nSPS) is 30.4. The molecule has 3 unspecified atom stereocenters. The average Bonchev–Trinajstić information content (AvgIpc) is 2.69. The Kier molecular flexibility index (Phi) is 6.96. The van der Waals surface area contributed by atoms with Crippen LogP contribution in [-0.4, -0.2) is 54.3 Å². The van der Waals surface area contributed by atoms with Gasteiger partial charge in [0.15, 0.2) is 0 Å². The van der Waals surface area contributed by atoms with E-state index in [1.807, 2.05) is 0 Å². The maximum atomic E-state index is 13.3. The molecule has 0 heterocycles. The van der Waals surface area contributed by atoms with Crippen molar-refractivity contribution in [2.24, 2.45) is 22.7 Å². The summed E-state index contributed by atoms with van der Waals surface area (Å²) in [5, 5.41) is 14.8. The molecule has 33 heavy (non-hydrogen) atoms. The molecule has 0 aromatic rings. The van der Waals surface area contributed by atoms with Crippen LogP contribution in [-0.2, 0) is 23.9 Å². The van der Waals surface area contributed by atoms with Crippen molar-refractivity contribution >= 4 is 23.9 Å². The van der Waals surface area contributed by atoms with Crippen molar-refractivity contribution in [2.45, 2.75) is 77.4 Å². The summed E-state index contributed by atoms with van der Waals surface area (Å²) in [7, 11) is 1.38. The number of rotatable bonds is 6. The molecule has 4 aliphatic carbocycles. The number of amides is 2. The van der Waals surface area contributed by atoms with E-state index in [0.717, 1.165) is 19.3 Å². The Labute approximate surface area is 194 Å². The van der Waals surface area contributed by atoms with Crippen LogP contribution < -0.4 is 10.6 Å². The Balaban J connectivity index is 1.60. The molecular weight excluding hydrogens is 428 g/mol. The lowest BCUT2D eigenvalue weighted by Crippen LogP contribution is -2.61. The van der Waals surface area contributed by atoms with Crippen LogP contribution >= 0.6 is 0 Å². The van der Waals surface area contributed by atoms with Crippen LogP contribution in [0.5, 0.6) is 0 Å². The first-order valence-corrected chi connectivity index (χ1v) is 11.4. The highest BCUT2D eigenvalue weighted by Crippen LogP contribution is 2.65. The fourth-order valence-electron chi connectivity index (χ4n) is 6.16. The average molecular weight is 463 g/mol. The van der Waals surface area contributed by atoms with Gasteiger partial charge in [0.2, 0.25) is 5.91 Å². The van der Waals surface area contributed by atoms with Crippen LogP contribution in [0.1, 0.15) is 65.7 Å². The summed E-state index contributed by atoms with van der Waals surface area (Å²) >= 11 is 0. The first-order chi connectivity index (χ1) is 15.4. The summed E-state index contributed by atoms with van der Waals surface area (Å²) in [5.74, 6) is 4.20. The highest BCUT2D eigenvalue weighted by atomic mass is 16.6. The number of carboxylic acids is 1. The molecule has 0 radical (unpaired) electrons. The van der Waals surface area contributed by atoms with E-state index in [4.69, 9.17) is 9.47 Å². The first-order valence-electron chi connectivity index (χ1n) is 11.4. The maximum Gasteiger partial charge on any atom is 0.408 e. The van der Waals surface area contributed by atoms with Gasteiger partial charge < -0.3 is 25.2 Å². The van der Waals surface area contributed by atoms with Crippen molar-refractivity contribution in [3.8, 4) is 11.8 Å². The van der Waals surface area contributed by atoms with Gasteiger partial charge in [-0.05, 0) is 71.1 Å². The number of carbonyl (C=O) groups excluding carboxylic acids is 3. The second-order valence-electron chi connectivity index (χ2n) is 10.8. The molecule has 0 saturated heterocycles. The van der Waals surface area contributed by atoms with E-state index in [1.54, 1.807) is 20.8 Å². The Morgan fingerprint density at radius 2 is 1.67 bits per heavy atom. The molecule has 3 N–H and O–H groups in total. The zero-order valence-corrected chi connectivity index (χ0v) is 19.8. The molecule has 0 spiro atoms. The summed E-state index contributed by atoms with van der Waals surface area (Å²) in [6.45, 7) is 5.24. The second-order valence-corrected chi connectivity index (χ2v) is 10.8. The van der Waals surface area contributed by atoms with Gasteiger partial charge in [-0.3, -0.25) is 9.59 Å². The number of carboxylic acid groups (broad SMARTS) is 1. The van der Waals surface area contributed by atoms with Crippen molar-refractivity contribution in [1.82, 2.24) is 10.6 Å². The van der Waals surface area contributed by atoms with Crippen molar-refractivity contribution in [3.63, 3.8) is 0 Å². The lowest BCUT2D eigenvalue weighted by molar-refractivity contribution is -0.182. The molecule has 0 aromatic heterocycles. The van der Waals surface area contributed by atoms with Gasteiger partial charge >= 0.3 is 18.0 Å². The number of esters is 1. The van der Waals surface area contributed by atoms with E-state index >= 15 is 0 Å². The van der Waals surface area contributed by atoms with E-state index in [1.165, 1.54) is 7.11 Å². The number of methoxy groups -OCH3 is 1. The van der Waals surface area contributed by atoms with Crippen molar-refractivity contribution in [2.75, 3.05) is 13.7 Å². The second kappa shape index (κ2) is 9.24. The highest BCUT2D eigenvalue weighted by Gasteiger charge is 2.63. The summed E-state index contributed by atoms with van der Waals surface area (Å²) in [6, 6.07) is -1.17. The standard InChI is InChI=1S/C24H34N2O7/c1-22(2,3)33-21(31)25-8-6-5-7-17(18(27)28)26-19(29)23-10-15-9-16(11-23)13-24(12-15,14-23)20(30)32-4/h15-17H,7-14H2,1-4H3,(H,25,31)(H,26,29)(H,27,28). The largest absolute Gasteiger partial charge is 0.480 e. The molecule has 3 atom stereocenters. The number of carbonyl (C=O) groups is 4. The zero-order chi connectivity index (χ0) is 24.4. The first kappa shape index (κ1) is 24.9. The van der Waals surface area contributed by atoms with Gasteiger partial charge in [0.05, 0.1) is 24.5 Å².